The molecule has 3 rings (SSSR count). The highest BCUT2D eigenvalue weighted by molar-refractivity contribution is 5.87. The Hall–Kier alpha value is -2.82. The van der Waals surface area contributed by atoms with Crippen LogP contribution in [0, 0.1) is 0 Å². The highest BCUT2D eigenvalue weighted by Gasteiger charge is 2.31. The number of nitrogens with zero attached hydrogens (tertiary/aromatic N) is 1. The van der Waals surface area contributed by atoms with Crippen LogP contribution in [0.25, 0.3) is 0 Å². The van der Waals surface area contributed by atoms with Gasteiger partial charge in [0.25, 0.3) is 0 Å². The van der Waals surface area contributed by atoms with E-state index in [9.17, 15) is 4.79 Å². The van der Waals surface area contributed by atoms with Crippen molar-refractivity contribution in [3.8, 4) is 0 Å². The fraction of sp³-hybridized carbons (Fsp3) is 0.364. The van der Waals surface area contributed by atoms with Crippen molar-refractivity contribution in [3.05, 3.63) is 71.8 Å². The van der Waals surface area contributed by atoms with E-state index in [4.69, 9.17) is 4.84 Å². The van der Waals surface area contributed by atoms with Gasteiger partial charge < -0.3 is 15.5 Å². The molecule has 2 N–H and O–H groups in total. The standard InChI is InChI=1S/C22H27N3O2/c1-16(2)23-22(26)24-20(14-18-11-7-4-8-12-18)21-15-19(25-27-21)13-17-9-5-3-6-10-17/h3-12,16,20-21H,13-15H2,1-2H3,(H2,23,24,26). The minimum absolute atomic E-state index is 0.0803. The summed E-state index contributed by atoms with van der Waals surface area (Å²) >= 11 is 0. The minimum Gasteiger partial charge on any atom is -0.390 e. The average molecular weight is 365 g/mol. The first-order valence-corrected chi connectivity index (χ1v) is 9.46. The molecule has 0 aromatic heterocycles. The van der Waals surface area contributed by atoms with Crippen molar-refractivity contribution < 1.29 is 9.63 Å². The van der Waals surface area contributed by atoms with E-state index in [1.807, 2.05) is 50.2 Å². The minimum atomic E-state index is -0.175. The quantitative estimate of drug-likeness (QED) is 0.786. The lowest BCUT2D eigenvalue weighted by Crippen LogP contribution is -2.50. The van der Waals surface area contributed by atoms with Crippen LogP contribution in [0.15, 0.2) is 65.8 Å². The molecular formula is C22H27N3O2. The first kappa shape index (κ1) is 19.0. The lowest BCUT2D eigenvalue weighted by molar-refractivity contribution is 0.0577. The fourth-order valence-corrected chi connectivity index (χ4v) is 3.22. The van der Waals surface area contributed by atoms with Crippen LogP contribution in [0.3, 0.4) is 0 Å². The Balaban J connectivity index is 1.64. The summed E-state index contributed by atoms with van der Waals surface area (Å²) in [6.07, 6.45) is 2.02. The van der Waals surface area contributed by atoms with Crippen LogP contribution in [0.4, 0.5) is 4.79 Å². The summed E-state index contributed by atoms with van der Waals surface area (Å²) in [5.74, 6) is 0. The maximum atomic E-state index is 12.3. The van der Waals surface area contributed by atoms with Gasteiger partial charge in [-0.25, -0.2) is 4.79 Å². The molecule has 0 saturated heterocycles. The molecule has 27 heavy (non-hydrogen) atoms. The SMILES string of the molecule is CC(C)NC(=O)NC(Cc1ccccc1)C1CC(Cc2ccccc2)=NO1. The molecule has 0 fully saturated rings. The molecule has 1 heterocycles. The van der Waals surface area contributed by atoms with Crippen molar-refractivity contribution in [2.45, 2.75) is 51.3 Å². The van der Waals surface area contributed by atoms with E-state index >= 15 is 0 Å². The smallest absolute Gasteiger partial charge is 0.315 e. The summed E-state index contributed by atoms with van der Waals surface area (Å²) in [4.78, 5) is 18.0. The average Bonchev–Trinajstić information content (AvgIpc) is 3.11. The van der Waals surface area contributed by atoms with E-state index in [1.165, 1.54) is 5.56 Å². The molecule has 2 atom stereocenters. The van der Waals surface area contributed by atoms with Crippen LogP contribution in [-0.4, -0.2) is 29.9 Å². The first-order chi connectivity index (χ1) is 13.1. The number of nitrogens with one attached hydrogen (secondary N) is 2. The van der Waals surface area contributed by atoms with Gasteiger partial charge in [-0.1, -0.05) is 65.8 Å². The van der Waals surface area contributed by atoms with E-state index in [1.54, 1.807) is 0 Å². The molecule has 0 aliphatic carbocycles. The molecule has 1 aliphatic rings. The van der Waals surface area contributed by atoms with Crippen LogP contribution < -0.4 is 10.6 Å². The molecule has 2 unspecified atom stereocenters. The Kier molecular flexibility index (Phi) is 6.47. The normalized spacial score (nSPS) is 17.1. The van der Waals surface area contributed by atoms with Gasteiger partial charge in [0.05, 0.1) is 11.8 Å². The third-order valence-electron chi connectivity index (χ3n) is 4.49. The second-order valence-electron chi connectivity index (χ2n) is 7.24. The second-order valence-corrected chi connectivity index (χ2v) is 7.24. The molecule has 0 spiro atoms. The van der Waals surface area contributed by atoms with Gasteiger partial charge in [0.15, 0.2) is 6.10 Å². The summed E-state index contributed by atoms with van der Waals surface area (Å²) in [6, 6.07) is 20.1. The third-order valence-corrected chi connectivity index (χ3v) is 4.49. The zero-order chi connectivity index (χ0) is 19.1. The Labute approximate surface area is 160 Å². The summed E-state index contributed by atoms with van der Waals surface area (Å²) in [5.41, 5.74) is 3.38. The zero-order valence-corrected chi connectivity index (χ0v) is 15.9. The summed E-state index contributed by atoms with van der Waals surface area (Å²) in [7, 11) is 0. The van der Waals surface area contributed by atoms with Crippen molar-refractivity contribution in [1.29, 1.82) is 0 Å². The number of carbonyl (C=O) groups excluding carboxylic acids is 1. The highest BCUT2D eigenvalue weighted by Crippen LogP contribution is 2.20. The van der Waals surface area contributed by atoms with E-state index in [2.05, 4.69) is 40.1 Å². The largest absolute Gasteiger partial charge is 0.390 e. The third kappa shape index (κ3) is 5.84. The number of urea groups is 1. The van der Waals surface area contributed by atoms with E-state index in [0.717, 1.165) is 17.7 Å². The number of carbonyl (C=O) groups is 1. The highest BCUT2D eigenvalue weighted by atomic mass is 16.6. The molecule has 1 aliphatic heterocycles. The molecule has 0 saturated carbocycles. The Morgan fingerprint density at radius 2 is 1.67 bits per heavy atom. The molecule has 142 valence electrons. The summed E-state index contributed by atoms with van der Waals surface area (Å²) < 4.78 is 0. The van der Waals surface area contributed by atoms with Crippen molar-refractivity contribution in [1.82, 2.24) is 10.6 Å². The molecule has 0 bridgehead atoms. The molecular weight excluding hydrogens is 338 g/mol. The fourth-order valence-electron chi connectivity index (χ4n) is 3.22. The first-order valence-electron chi connectivity index (χ1n) is 9.46. The Bertz CT molecular complexity index is 760. The molecule has 0 radical (unpaired) electrons. The zero-order valence-electron chi connectivity index (χ0n) is 15.9. The second kappa shape index (κ2) is 9.21. The predicted octanol–water partition coefficient (Wildman–Crippen LogP) is 3.69. The molecule has 2 amide bonds. The van der Waals surface area contributed by atoms with E-state index in [0.29, 0.717) is 12.8 Å². The van der Waals surface area contributed by atoms with Gasteiger partial charge in [0.1, 0.15) is 0 Å². The van der Waals surface area contributed by atoms with Crippen LogP contribution in [-0.2, 0) is 17.7 Å². The number of benzene rings is 2. The molecule has 2 aromatic rings. The van der Waals surface area contributed by atoms with Crippen LogP contribution >= 0.6 is 0 Å². The molecule has 2 aromatic carbocycles. The maximum Gasteiger partial charge on any atom is 0.315 e. The number of hydrogen-bond donors (Lipinski definition) is 2. The van der Waals surface area contributed by atoms with Crippen LogP contribution in [0.2, 0.25) is 0 Å². The number of rotatable bonds is 7. The van der Waals surface area contributed by atoms with Gasteiger partial charge in [-0.3, -0.25) is 0 Å². The topological polar surface area (TPSA) is 62.7 Å². The van der Waals surface area contributed by atoms with Gasteiger partial charge in [-0.05, 0) is 31.4 Å². The van der Waals surface area contributed by atoms with Crippen molar-refractivity contribution in [2.24, 2.45) is 5.16 Å². The van der Waals surface area contributed by atoms with E-state index < -0.39 is 0 Å². The predicted molar refractivity (Wildman–Crippen MR) is 108 cm³/mol. The number of amides is 2. The van der Waals surface area contributed by atoms with Gasteiger partial charge in [0.2, 0.25) is 0 Å². The van der Waals surface area contributed by atoms with Crippen molar-refractivity contribution >= 4 is 11.7 Å². The number of oxime groups is 1. The van der Waals surface area contributed by atoms with Gasteiger partial charge in [0, 0.05) is 18.9 Å². The monoisotopic (exact) mass is 365 g/mol. The Morgan fingerprint density at radius 3 is 2.30 bits per heavy atom. The van der Waals surface area contributed by atoms with Gasteiger partial charge in [-0.15, -0.1) is 0 Å². The van der Waals surface area contributed by atoms with Crippen molar-refractivity contribution in [2.75, 3.05) is 0 Å². The maximum absolute atomic E-state index is 12.3. The summed E-state index contributed by atoms with van der Waals surface area (Å²) in [6.45, 7) is 3.89. The van der Waals surface area contributed by atoms with Crippen LogP contribution in [0.5, 0.6) is 0 Å². The van der Waals surface area contributed by atoms with Crippen LogP contribution in [0.1, 0.15) is 31.4 Å². The Morgan fingerprint density at radius 1 is 1.04 bits per heavy atom. The lowest BCUT2D eigenvalue weighted by Gasteiger charge is -2.24. The molecule has 5 heteroatoms. The lowest BCUT2D eigenvalue weighted by atomic mass is 9.96. The van der Waals surface area contributed by atoms with Gasteiger partial charge >= 0.3 is 6.03 Å². The van der Waals surface area contributed by atoms with Gasteiger partial charge in [-0.2, -0.15) is 0 Å². The number of hydrogen-bond acceptors (Lipinski definition) is 3. The van der Waals surface area contributed by atoms with Crippen molar-refractivity contribution in [3.63, 3.8) is 0 Å². The van der Waals surface area contributed by atoms with E-state index in [-0.39, 0.29) is 24.2 Å². The summed E-state index contributed by atoms with van der Waals surface area (Å²) in [5, 5.41) is 10.3. The molecule has 5 nitrogen and oxygen atoms in total.